The van der Waals surface area contributed by atoms with Gasteiger partial charge in [0.15, 0.2) is 0 Å². The minimum atomic E-state index is -1.05. The van der Waals surface area contributed by atoms with E-state index in [0.717, 1.165) is 5.69 Å². The number of urea groups is 1. The van der Waals surface area contributed by atoms with Crippen LogP contribution in [0.2, 0.25) is 0 Å². The van der Waals surface area contributed by atoms with Crippen molar-refractivity contribution in [1.82, 2.24) is 15.5 Å². The summed E-state index contributed by atoms with van der Waals surface area (Å²) in [7, 11) is 1.50. The van der Waals surface area contributed by atoms with Crippen molar-refractivity contribution < 1.29 is 23.5 Å². The number of hydrogen-bond acceptors (Lipinski definition) is 5. The minimum absolute atomic E-state index is 0.0159. The number of imide groups is 1. The van der Waals surface area contributed by atoms with Crippen LogP contribution in [-0.2, 0) is 9.59 Å². The van der Waals surface area contributed by atoms with Gasteiger partial charge in [0, 0.05) is 38.2 Å². The number of benzene rings is 1. The van der Waals surface area contributed by atoms with E-state index in [-0.39, 0.29) is 30.6 Å². The Balaban J connectivity index is 1.60. The van der Waals surface area contributed by atoms with E-state index in [1.165, 1.54) is 19.2 Å². The van der Waals surface area contributed by atoms with Crippen LogP contribution in [0.4, 0.5) is 14.9 Å². The van der Waals surface area contributed by atoms with Crippen LogP contribution < -0.4 is 20.3 Å². The van der Waals surface area contributed by atoms with E-state index in [2.05, 4.69) is 15.5 Å². The SMILES string of the molecule is COc1cc(F)ccc1N1CCN(C(=O)CC[C@@]2(C)NC(=O)NC2=O)C[C@@H]1C. The van der Waals surface area contributed by atoms with Crippen molar-refractivity contribution in [1.29, 1.82) is 0 Å². The zero-order valence-electron chi connectivity index (χ0n) is 16.3. The molecule has 1 aromatic carbocycles. The summed E-state index contributed by atoms with van der Waals surface area (Å²) in [6.07, 6.45) is 0.403. The lowest BCUT2D eigenvalue weighted by Gasteiger charge is -2.42. The van der Waals surface area contributed by atoms with Crippen molar-refractivity contribution in [3.63, 3.8) is 0 Å². The number of piperazine rings is 1. The molecule has 0 saturated carbocycles. The predicted octanol–water partition coefficient (Wildman–Crippen LogP) is 1.25. The van der Waals surface area contributed by atoms with Gasteiger partial charge in [0.05, 0.1) is 12.8 Å². The number of halogens is 1. The molecule has 28 heavy (non-hydrogen) atoms. The van der Waals surface area contributed by atoms with E-state index in [0.29, 0.717) is 25.4 Å². The van der Waals surface area contributed by atoms with Gasteiger partial charge >= 0.3 is 6.03 Å². The topological polar surface area (TPSA) is 91.0 Å². The van der Waals surface area contributed by atoms with Gasteiger partial charge in [0.2, 0.25) is 5.91 Å². The molecule has 2 saturated heterocycles. The van der Waals surface area contributed by atoms with E-state index in [1.54, 1.807) is 17.9 Å². The monoisotopic (exact) mass is 392 g/mol. The van der Waals surface area contributed by atoms with E-state index in [1.807, 2.05) is 6.92 Å². The molecule has 0 aliphatic carbocycles. The standard InChI is InChI=1S/C19H25FN4O4/c1-12-11-23(16(25)6-7-19(2)17(26)21-18(27)22-19)8-9-24(12)14-5-4-13(20)10-15(14)28-3/h4-5,10,12H,6-9,11H2,1-3H3,(H2,21,22,26,27)/t12-,19+/m0/s1. The number of amides is 4. The third kappa shape index (κ3) is 3.88. The van der Waals surface area contributed by atoms with Crippen LogP contribution in [0.15, 0.2) is 18.2 Å². The van der Waals surface area contributed by atoms with Crippen LogP contribution in [-0.4, -0.2) is 61.1 Å². The quantitative estimate of drug-likeness (QED) is 0.736. The molecule has 4 amide bonds. The first kappa shape index (κ1) is 19.9. The third-order valence-electron chi connectivity index (χ3n) is 5.39. The highest BCUT2D eigenvalue weighted by molar-refractivity contribution is 6.06. The minimum Gasteiger partial charge on any atom is -0.494 e. The van der Waals surface area contributed by atoms with Gasteiger partial charge in [0.1, 0.15) is 17.1 Å². The molecule has 2 aliphatic rings. The first-order valence-corrected chi connectivity index (χ1v) is 9.25. The van der Waals surface area contributed by atoms with Crippen LogP contribution in [0.1, 0.15) is 26.7 Å². The zero-order chi connectivity index (χ0) is 20.5. The van der Waals surface area contributed by atoms with Crippen molar-refractivity contribution in [3.8, 4) is 5.75 Å². The number of hydrogen-bond donors (Lipinski definition) is 2. The van der Waals surface area contributed by atoms with E-state index in [9.17, 15) is 18.8 Å². The van der Waals surface area contributed by atoms with Crippen LogP contribution in [0.3, 0.4) is 0 Å². The molecule has 9 heteroatoms. The van der Waals surface area contributed by atoms with Crippen LogP contribution in [0, 0.1) is 5.82 Å². The molecular weight excluding hydrogens is 367 g/mol. The summed E-state index contributed by atoms with van der Waals surface area (Å²) >= 11 is 0. The van der Waals surface area contributed by atoms with Gasteiger partial charge < -0.3 is 19.9 Å². The van der Waals surface area contributed by atoms with Crippen LogP contribution >= 0.6 is 0 Å². The fourth-order valence-corrected chi connectivity index (χ4v) is 3.70. The molecule has 0 radical (unpaired) electrons. The Kier molecular flexibility index (Phi) is 5.44. The van der Waals surface area contributed by atoms with Gasteiger partial charge in [0.25, 0.3) is 5.91 Å². The fourth-order valence-electron chi connectivity index (χ4n) is 3.70. The number of methoxy groups -OCH3 is 1. The highest BCUT2D eigenvalue weighted by atomic mass is 19.1. The average molecular weight is 392 g/mol. The molecule has 1 aromatic rings. The summed E-state index contributed by atoms with van der Waals surface area (Å²) in [5.41, 5.74) is -0.261. The first-order chi connectivity index (χ1) is 13.2. The van der Waals surface area contributed by atoms with Crippen molar-refractivity contribution in [3.05, 3.63) is 24.0 Å². The predicted molar refractivity (Wildman–Crippen MR) is 101 cm³/mol. The molecule has 8 nitrogen and oxygen atoms in total. The molecule has 0 unspecified atom stereocenters. The summed E-state index contributed by atoms with van der Waals surface area (Å²) in [6, 6.07) is 3.91. The van der Waals surface area contributed by atoms with Crippen molar-refractivity contribution >= 4 is 23.5 Å². The summed E-state index contributed by atoms with van der Waals surface area (Å²) in [5.74, 6) is -0.374. The maximum absolute atomic E-state index is 13.5. The summed E-state index contributed by atoms with van der Waals surface area (Å²) in [6.45, 7) is 5.22. The highest BCUT2D eigenvalue weighted by Crippen LogP contribution is 2.32. The number of ether oxygens (including phenoxy) is 1. The number of nitrogens with zero attached hydrogens (tertiary/aromatic N) is 2. The number of rotatable bonds is 5. The van der Waals surface area contributed by atoms with Crippen LogP contribution in [0.5, 0.6) is 5.75 Å². The molecule has 2 N–H and O–H groups in total. The lowest BCUT2D eigenvalue weighted by Crippen LogP contribution is -2.54. The molecule has 3 rings (SSSR count). The summed E-state index contributed by atoms with van der Waals surface area (Å²) in [4.78, 5) is 39.7. The van der Waals surface area contributed by atoms with Gasteiger partial charge in [-0.15, -0.1) is 0 Å². The van der Waals surface area contributed by atoms with Gasteiger partial charge in [-0.1, -0.05) is 0 Å². The Morgan fingerprint density at radius 3 is 2.71 bits per heavy atom. The van der Waals surface area contributed by atoms with Gasteiger partial charge in [-0.05, 0) is 32.4 Å². The van der Waals surface area contributed by atoms with Crippen molar-refractivity contribution in [2.45, 2.75) is 38.3 Å². The first-order valence-electron chi connectivity index (χ1n) is 9.25. The van der Waals surface area contributed by atoms with E-state index in [4.69, 9.17) is 4.74 Å². The van der Waals surface area contributed by atoms with Crippen molar-refractivity contribution in [2.75, 3.05) is 31.6 Å². The maximum Gasteiger partial charge on any atom is 0.322 e. The van der Waals surface area contributed by atoms with Gasteiger partial charge in [-0.3, -0.25) is 14.9 Å². The molecule has 0 spiro atoms. The van der Waals surface area contributed by atoms with E-state index < -0.39 is 17.5 Å². The van der Waals surface area contributed by atoms with Crippen molar-refractivity contribution in [2.24, 2.45) is 0 Å². The molecule has 2 aliphatic heterocycles. The van der Waals surface area contributed by atoms with Gasteiger partial charge in [-0.2, -0.15) is 0 Å². The number of anilines is 1. The molecule has 0 bridgehead atoms. The largest absolute Gasteiger partial charge is 0.494 e. The molecule has 152 valence electrons. The Morgan fingerprint density at radius 1 is 1.36 bits per heavy atom. The number of carbonyl (C=O) groups excluding carboxylic acids is 3. The second-order valence-corrected chi connectivity index (χ2v) is 7.44. The lowest BCUT2D eigenvalue weighted by atomic mass is 9.95. The molecule has 2 heterocycles. The number of nitrogens with one attached hydrogen (secondary N) is 2. The van der Waals surface area contributed by atoms with E-state index >= 15 is 0 Å². The fraction of sp³-hybridized carbons (Fsp3) is 0.526. The smallest absolute Gasteiger partial charge is 0.322 e. The van der Waals surface area contributed by atoms with Gasteiger partial charge in [-0.25, -0.2) is 9.18 Å². The molecule has 0 aromatic heterocycles. The maximum atomic E-state index is 13.5. The third-order valence-corrected chi connectivity index (χ3v) is 5.39. The Hall–Kier alpha value is -2.84. The Labute approximate surface area is 163 Å². The highest BCUT2D eigenvalue weighted by Gasteiger charge is 2.42. The summed E-state index contributed by atoms with van der Waals surface area (Å²) in [5, 5.41) is 4.77. The second-order valence-electron chi connectivity index (χ2n) is 7.44. The molecular formula is C19H25FN4O4. The Morgan fingerprint density at radius 2 is 2.11 bits per heavy atom. The number of carbonyl (C=O) groups is 3. The normalized spacial score (nSPS) is 24.8. The molecule has 2 atom stereocenters. The van der Waals surface area contributed by atoms with Crippen LogP contribution in [0.25, 0.3) is 0 Å². The second kappa shape index (κ2) is 7.65. The molecule has 2 fully saturated rings. The zero-order valence-corrected chi connectivity index (χ0v) is 16.3. The lowest BCUT2D eigenvalue weighted by molar-refractivity contribution is -0.132. The summed E-state index contributed by atoms with van der Waals surface area (Å²) < 4.78 is 18.7. The Bertz CT molecular complexity index is 802. The average Bonchev–Trinajstić information content (AvgIpc) is 2.91.